The van der Waals surface area contributed by atoms with E-state index in [0.717, 1.165) is 11.1 Å². The molecule has 1 N–H and O–H groups in total. The molecule has 1 unspecified atom stereocenters. The summed E-state index contributed by atoms with van der Waals surface area (Å²) in [5, 5.41) is 11.9. The van der Waals surface area contributed by atoms with Gasteiger partial charge in [0.25, 0.3) is 0 Å². The van der Waals surface area contributed by atoms with E-state index in [4.69, 9.17) is 0 Å². The summed E-state index contributed by atoms with van der Waals surface area (Å²) in [7, 11) is 0. The molecule has 0 fully saturated rings. The van der Waals surface area contributed by atoms with Crippen molar-refractivity contribution < 1.29 is 9.90 Å². The fourth-order valence-electron chi connectivity index (χ4n) is 3.94. The molecule has 2 aromatic rings. The number of allylic oxidation sites excluding steroid dienone is 1. The maximum atomic E-state index is 12.9. The molecule has 0 aliphatic heterocycles. The summed E-state index contributed by atoms with van der Waals surface area (Å²) in [6, 6.07) is 19.3. The van der Waals surface area contributed by atoms with E-state index < -0.39 is 11.0 Å². The molecule has 1 atom stereocenters. The highest BCUT2D eigenvalue weighted by molar-refractivity contribution is 6.09. The molecular weight excluding hydrogens is 284 g/mol. The van der Waals surface area contributed by atoms with E-state index in [0.29, 0.717) is 18.4 Å². The molecule has 0 saturated heterocycles. The van der Waals surface area contributed by atoms with Crippen LogP contribution in [0.25, 0.3) is 5.57 Å². The summed E-state index contributed by atoms with van der Waals surface area (Å²) in [5.74, 6) is 0.0210. The number of benzene rings is 2. The molecule has 23 heavy (non-hydrogen) atoms. The number of carbonyl (C=O) groups is 1. The van der Waals surface area contributed by atoms with Gasteiger partial charge in [-0.15, -0.1) is 0 Å². The van der Waals surface area contributed by atoms with Gasteiger partial charge in [0.2, 0.25) is 0 Å². The first-order valence-electron chi connectivity index (χ1n) is 8.20. The molecule has 0 bridgehead atoms. The van der Waals surface area contributed by atoms with E-state index in [9.17, 15) is 9.90 Å². The third-order valence-corrected chi connectivity index (χ3v) is 5.31. The fourth-order valence-corrected chi connectivity index (χ4v) is 3.94. The van der Waals surface area contributed by atoms with E-state index in [2.05, 4.69) is 0 Å². The van der Waals surface area contributed by atoms with Gasteiger partial charge in [0.1, 0.15) is 5.60 Å². The van der Waals surface area contributed by atoms with E-state index in [1.54, 1.807) is 6.08 Å². The maximum absolute atomic E-state index is 12.9. The lowest BCUT2D eigenvalue weighted by molar-refractivity contribution is -0.135. The lowest BCUT2D eigenvalue weighted by Crippen LogP contribution is -2.46. The zero-order chi connectivity index (χ0) is 16.5. The SMILES string of the molecule is CCC1(CC)C(=O)C=C(c2ccccc2)C1(O)c1ccccc1. The van der Waals surface area contributed by atoms with Crippen LogP contribution in [0.4, 0.5) is 0 Å². The molecule has 0 amide bonds. The molecule has 2 aromatic carbocycles. The molecule has 0 spiro atoms. The second kappa shape index (κ2) is 5.78. The fraction of sp³-hybridized carbons (Fsp3) is 0.286. The van der Waals surface area contributed by atoms with Crippen molar-refractivity contribution in [2.24, 2.45) is 5.41 Å². The normalized spacial score (nSPS) is 22.9. The Morgan fingerprint density at radius 1 is 0.870 bits per heavy atom. The highest BCUT2D eigenvalue weighted by Gasteiger charge is 2.59. The van der Waals surface area contributed by atoms with Gasteiger partial charge in [0, 0.05) is 0 Å². The molecule has 2 nitrogen and oxygen atoms in total. The third kappa shape index (κ3) is 2.09. The van der Waals surface area contributed by atoms with Crippen LogP contribution in [0.15, 0.2) is 66.7 Å². The molecule has 0 heterocycles. The molecule has 0 aromatic heterocycles. The van der Waals surface area contributed by atoms with E-state index >= 15 is 0 Å². The van der Waals surface area contributed by atoms with Gasteiger partial charge in [-0.25, -0.2) is 0 Å². The molecular formula is C21H22O2. The number of carbonyl (C=O) groups excluding carboxylic acids is 1. The summed E-state index contributed by atoms with van der Waals surface area (Å²) in [4.78, 5) is 12.9. The van der Waals surface area contributed by atoms with Gasteiger partial charge in [-0.2, -0.15) is 0 Å². The van der Waals surface area contributed by atoms with Crippen molar-refractivity contribution in [3.05, 3.63) is 77.9 Å². The van der Waals surface area contributed by atoms with Crippen molar-refractivity contribution in [3.8, 4) is 0 Å². The number of ketones is 1. The molecule has 118 valence electrons. The Morgan fingerprint density at radius 2 is 1.39 bits per heavy atom. The Balaban J connectivity index is 2.28. The van der Waals surface area contributed by atoms with Crippen LogP contribution < -0.4 is 0 Å². The number of aliphatic hydroxyl groups is 1. The van der Waals surface area contributed by atoms with Crippen molar-refractivity contribution in [1.82, 2.24) is 0 Å². The topological polar surface area (TPSA) is 37.3 Å². The predicted octanol–water partition coefficient (Wildman–Crippen LogP) is 4.35. The monoisotopic (exact) mass is 306 g/mol. The maximum Gasteiger partial charge on any atom is 0.165 e. The smallest absolute Gasteiger partial charge is 0.165 e. The van der Waals surface area contributed by atoms with Crippen molar-refractivity contribution in [2.45, 2.75) is 32.3 Å². The van der Waals surface area contributed by atoms with Crippen molar-refractivity contribution in [2.75, 3.05) is 0 Å². The molecule has 0 saturated carbocycles. The standard InChI is InChI=1S/C21H22O2/c1-3-20(4-2)19(22)15-18(16-11-7-5-8-12-16)21(20,23)17-13-9-6-10-14-17/h5-15,23H,3-4H2,1-2H3. The quantitative estimate of drug-likeness (QED) is 0.912. The van der Waals surface area contributed by atoms with Crippen LogP contribution in [0.2, 0.25) is 0 Å². The Hall–Kier alpha value is -2.19. The van der Waals surface area contributed by atoms with Gasteiger partial charge in [-0.05, 0) is 35.6 Å². The minimum absolute atomic E-state index is 0.0210. The van der Waals surface area contributed by atoms with Crippen LogP contribution in [-0.2, 0) is 10.4 Å². The predicted molar refractivity (Wildman–Crippen MR) is 92.8 cm³/mol. The van der Waals surface area contributed by atoms with Crippen molar-refractivity contribution in [1.29, 1.82) is 0 Å². The second-order valence-corrected chi connectivity index (χ2v) is 6.15. The molecule has 1 aliphatic carbocycles. The lowest BCUT2D eigenvalue weighted by atomic mass is 9.63. The summed E-state index contributed by atoms with van der Waals surface area (Å²) in [6.07, 6.45) is 2.84. The van der Waals surface area contributed by atoms with Crippen LogP contribution in [-0.4, -0.2) is 10.9 Å². The minimum Gasteiger partial charge on any atom is -0.379 e. The summed E-state index contributed by atoms with van der Waals surface area (Å²) in [5.41, 5.74) is 0.286. The first-order chi connectivity index (χ1) is 11.1. The van der Waals surface area contributed by atoms with E-state index in [1.807, 2.05) is 74.5 Å². The summed E-state index contributed by atoms with van der Waals surface area (Å²) >= 11 is 0. The second-order valence-electron chi connectivity index (χ2n) is 6.15. The molecule has 2 heteroatoms. The van der Waals surface area contributed by atoms with Crippen LogP contribution in [0.5, 0.6) is 0 Å². The van der Waals surface area contributed by atoms with Crippen LogP contribution >= 0.6 is 0 Å². The van der Waals surface area contributed by atoms with Gasteiger partial charge in [0.15, 0.2) is 5.78 Å². The first-order valence-corrected chi connectivity index (χ1v) is 8.20. The van der Waals surface area contributed by atoms with E-state index in [1.165, 1.54) is 0 Å². The Morgan fingerprint density at radius 3 is 1.91 bits per heavy atom. The Bertz CT molecular complexity index is 727. The number of hydrogen-bond acceptors (Lipinski definition) is 2. The van der Waals surface area contributed by atoms with Crippen molar-refractivity contribution >= 4 is 11.4 Å². The van der Waals surface area contributed by atoms with Gasteiger partial charge < -0.3 is 5.11 Å². The highest BCUT2D eigenvalue weighted by atomic mass is 16.3. The van der Waals surface area contributed by atoms with Crippen molar-refractivity contribution in [3.63, 3.8) is 0 Å². The van der Waals surface area contributed by atoms with Crippen LogP contribution in [0, 0.1) is 5.41 Å². The summed E-state index contributed by atoms with van der Waals surface area (Å²) in [6.45, 7) is 3.97. The zero-order valence-electron chi connectivity index (χ0n) is 13.6. The number of hydrogen-bond donors (Lipinski definition) is 1. The lowest BCUT2D eigenvalue weighted by Gasteiger charge is -2.42. The third-order valence-electron chi connectivity index (χ3n) is 5.31. The largest absolute Gasteiger partial charge is 0.379 e. The highest BCUT2D eigenvalue weighted by Crippen LogP contribution is 2.57. The number of rotatable bonds is 4. The average Bonchev–Trinajstić information content (AvgIpc) is 2.85. The van der Waals surface area contributed by atoms with Gasteiger partial charge >= 0.3 is 0 Å². The van der Waals surface area contributed by atoms with Crippen LogP contribution in [0.3, 0.4) is 0 Å². The molecule has 0 radical (unpaired) electrons. The molecule has 1 aliphatic rings. The Labute approximate surface area is 137 Å². The zero-order valence-corrected chi connectivity index (χ0v) is 13.6. The van der Waals surface area contributed by atoms with Gasteiger partial charge in [0.05, 0.1) is 5.41 Å². The van der Waals surface area contributed by atoms with Gasteiger partial charge in [-0.3, -0.25) is 4.79 Å². The molecule has 3 rings (SSSR count). The van der Waals surface area contributed by atoms with E-state index in [-0.39, 0.29) is 5.78 Å². The summed E-state index contributed by atoms with van der Waals surface area (Å²) < 4.78 is 0. The van der Waals surface area contributed by atoms with Gasteiger partial charge in [-0.1, -0.05) is 74.5 Å². The first kappa shape index (κ1) is 15.7. The minimum atomic E-state index is -1.30. The van der Waals surface area contributed by atoms with Crippen LogP contribution in [0.1, 0.15) is 37.8 Å². The average molecular weight is 306 g/mol. The Kier molecular flexibility index (Phi) is 3.95.